The highest BCUT2D eigenvalue weighted by atomic mass is 35.5. The fraction of sp³-hybridized carbons (Fsp3) is 0.0833. The van der Waals surface area contributed by atoms with Crippen LogP contribution in [0.5, 0.6) is 5.75 Å². The van der Waals surface area contributed by atoms with Crippen LogP contribution in [0.1, 0.15) is 5.56 Å². The number of halogens is 2. The van der Waals surface area contributed by atoms with E-state index in [9.17, 15) is 9.18 Å². The first kappa shape index (κ1) is 23.5. The molecule has 172 valence electrons. The van der Waals surface area contributed by atoms with Crippen LogP contribution in [0.2, 0.25) is 5.02 Å². The van der Waals surface area contributed by atoms with E-state index in [1.54, 1.807) is 37.4 Å². The number of nitrogens with one attached hydrogen (secondary N) is 1. The van der Waals surface area contributed by atoms with Crippen molar-refractivity contribution in [2.75, 3.05) is 12.9 Å². The van der Waals surface area contributed by atoms with Crippen LogP contribution in [0.3, 0.4) is 0 Å². The van der Waals surface area contributed by atoms with E-state index in [0.717, 1.165) is 17.0 Å². The Labute approximate surface area is 204 Å². The van der Waals surface area contributed by atoms with Gasteiger partial charge in [-0.05, 0) is 54.6 Å². The highest BCUT2D eigenvalue weighted by molar-refractivity contribution is 7.99. The molecule has 0 spiro atoms. The quantitative estimate of drug-likeness (QED) is 0.212. The van der Waals surface area contributed by atoms with E-state index in [2.05, 4.69) is 20.7 Å². The number of aromatic nitrogens is 3. The highest BCUT2D eigenvalue weighted by Gasteiger charge is 2.17. The summed E-state index contributed by atoms with van der Waals surface area (Å²) in [6, 6.07) is 20.8. The zero-order valence-corrected chi connectivity index (χ0v) is 19.6. The molecule has 3 aromatic carbocycles. The average Bonchev–Trinajstić information content (AvgIpc) is 3.28. The molecule has 0 aliphatic carbocycles. The zero-order chi connectivity index (χ0) is 23.9. The van der Waals surface area contributed by atoms with Gasteiger partial charge in [0.1, 0.15) is 11.6 Å². The van der Waals surface area contributed by atoms with Gasteiger partial charge in [0.25, 0.3) is 5.91 Å². The van der Waals surface area contributed by atoms with Gasteiger partial charge in [-0.25, -0.2) is 9.82 Å². The lowest BCUT2D eigenvalue weighted by Crippen LogP contribution is -2.20. The van der Waals surface area contributed by atoms with E-state index in [1.807, 2.05) is 41.0 Å². The topological polar surface area (TPSA) is 81.4 Å². The molecule has 10 heteroatoms. The number of methoxy groups -OCH3 is 1. The van der Waals surface area contributed by atoms with Crippen molar-refractivity contribution < 1.29 is 13.9 Å². The van der Waals surface area contributed by atoms with Crippen molar-refractivity contribution in [3.63, 3.8) is 0 Å². The number of thioether (sulfide) groups is 1. The number of ether oxygens (including phenoxy) is 1. The fourth-order valence-electron chi connectivity index (χ4n) is 3.03. The molecule has 0 aliphatic heterocycles. The standard InChI is InChI=1S/C24H19ClFN5O2S/c1-33-20-12-6-16(7-13-20)23-29-30-24(31(23)19-10-8-18(25)9-11-19)34-15-22(32)28-27-14-17-4-2-3-5-21(17)26/h2-14H,15H2,1H3,(H,28,32)/b27-14+. The minimum absolute atomic E-state index is 0.0307. The summed E-state index contributed by atoms with van der Waals surface area (Å²) >= 11 is 7.26. The van der Waals surface area contributed by atoms with Crippen LogP contribution >= 0.6 is 23.4 Å². The summed E-state index contributed by atoms with van der Waals surface area (Å²) in [4.78, 5) is 12.3. The predicted octanol–water partition coefficient (Wildman–Crippen LogP) is 4.98. The van der Waals surface area contributed by atoms with Crippen LogP contribution in [0, 0.1) is 5.82 Å². The number of nitrogens with zero attached hydrogens (tertiary/aromatic N) is 4. The molecule has 0 radical (unpaired) electrons. The average molecular weight is 496 g/mol. The van der Waals surface area contributed by atoms with E-state index in [0.29, 0.717) is 16.0 Å². The van der Waals surface area contributed by atoms with Crippen molar-refractivity contribution in [2.24, 2.45) is 5.10 Å². The second-order valence-corrected chi connectivity index (χ2v) is 8.33. The Bertz CT molecular complexity index is 1310. The number of benzene rings is 3. The summed E-state index contributed by atoms with van der Waals surface area (Å²) in [5.41, 5.74) is 4.30. The minimum atomic E-state index is -0.419. The molecule has 4 aromatic rings. The predicted molar refractivity (Wildman–Crippen MR) is 131 cm³/mol. The van der Waals surface area contributed by atoms with E-state index in [1.165, 1.54) is 24.0 Å². The van der Waals surface area contributed by atoms with Crippen molar-refractivity contribution in [3.05, 3.63) is 89.2 Å². The third-order valence-electron chi connectivity index (χ3n) is 4.70. The van der Waals surface area contributed by atoms with Gasteiger partial charge in [-0.1, -0.05) is 41.6 Å². The van der Waals surface area contributed by atoms with Crippen molar-refractivity contribution in [3.8, 4) is 22.8 Å². The SMILES string of the molecule is COc1ccc(-c2nnc(SCC(=O)N/N=C/c3ccccc3F)n2-c2ccc(Cl)cc2)cc1. The molecule has 7 nitrogen and oxygen atoms in total. The van der Waals surface area contributed by atoms with Crippen LogP contribution < -0.4 is 10.2 Å². The van der Waals surface area contributed by atoms with E-state index < -0.39 is 5.82 Å². The number of amides is 1. The van der Waals surface area contributed by atoms with E-state index in [4.69, 9.17) is 16.3 Å². The number of rotatable bonds is 8. The maximum absolute atomic E-state index is 13.7. The summed E-state index contributed by atoms with van der Waals surface area (Å²) in [7, 11) is 1.60. The molecular weight excluding hydrogens is 477 g/mol. The van der Waals surface area contributed by atoms with Crippen LogP contribution in [0.4, 0.5) is 4.39 Å². The van der Waals surface area contributed by atoms with Gasteiger partial charge < -0.3 is 4.74 Å². The first-order valence-corrected chi connectivity index (χ1v) is 11.5. The maximum atomic E-state index is 13.7. The van der Waals surface area contributed by atoms with Gasteiger partial charge in [0.15, 0.2) is 11.0 Å². The number of carbonyl (C=O) groups excluding carboxylic acids is 1. The van der Waals surface area contributed by atoms with Gasteiger partial charge in [0, 0.05) is 21.8 Å². The van der Waals surface area contributed by atoms with Gasteiger partial charge in [0.2, 0.25) is 0 Å². The van der Waals surface area contributed by atoms with Gasteiger partial charge >= 0.3 is 0 Å². The Kier molecular flexibility index (Phi) is 7.56. The maximum Gasteiger partial charge on any atom is 0.250 e. The van der Waals surface area contributed by atoms with Crippen molar-refractivity contribution in [2.45, 2.75) is 5.16 Å². The first-order valence-electron chi connectivity index (χ1n) is 10.1. The molecule has 0 aliphatic rings. The molecule has 1 amide bonds. The monoisotopic (exact) mass is 495 g/mol. The largest absolute Gasteiger partial charge is 0.497 e. The molecule has 4 rings (SSSR count). The summed E-state index contributed by atoms with van der Waals surface area (Å²) < 4.78 is 20.7. The number of carbonyl (C=O) groups is 1. The Hall–Kier alpha value is -3.69. The first-order chi connectivity index (χ1) is 16.5. The lowest BCUT2D eigenvalue weighted by atomic mass is 10.2. The van der Waals surface area contributed by atoms with Crippen LogP contribution in [-0.4, -0.2) is 39.7 Å². The molecule has 0 fully saturated rings. The molecule has 34 heavy (non-hydrogen) atoms. The molecule has 0 atom stereocenters. The number of hydrogen-bond donors (Lipinski definition) is 1. The Morgan fingerprint density at radius 2 is 1.85 bits per heavy atom. The van der Waals surface area contributed by atoms with Crippen molar-refractivity contribution in [1.82, 2.24) is 20.2 Å². The molecular formula is C24H19ClFN5O2S. The van der Waals surface area contributed by atoms with Crippen LogP contribution in [0.25, 0.3) is 17.1 Å². The number of hydrogen-bond acceptors (Lipinski definition) is 6. The molecule has 0 bridgehead atoms. The molecule has 1 aromatic heterocycles. The lowest BCUT2D eigenvalue weighted by molar-refractivity contribution is -0.118. The lowest BCUT2D eigenvalue weighted by Gasteiger charge is -2.11. The Balaban J connectivity index is 1.53. The van der Waals surface area contributed by atoms with Gasteiger partial charge in [-0.2, -0.15) is 5.10 Å². The molecule has 0 unspecified atom stereocenters. The van der Waals surface area contributed by atoms with Crippen LogP contribution in [0.15, 0.2) is 83.1 Å². The van der Waals surface area contributed by atoms with Crippen molar-refractivity contribution >= 4 is 35.5 Å². The smallest absolute Gasteiger partial charge is 0.250 e. The van der Waals surface area contributed by atoms with Crippen LogP contribution in [-0.2, 0) is 4.79 Å². The summed E-state index contributed by atoms with van der Waals surface area (Å²) in [6.45, 7) is 0. The fourth-order valence-corrected chi connectivity index (χ4v) is 3.90. The van der Waals surface area contributed by atoms with E-state index >= 15 is 0 Å². The Morgan fingerprint density at radius 3 is 2.56 bits per heavy atom. The molecule has 1 N–H and O–H groups in total. The Morgan fingerprint density at radius 1 is 1.12 bits per heavy atom. The third kappa shape index (κ3) is 5.62. The number of hydrazone groups is 1. The van der Waals surface area contributed by atoms with Gasteiger partial charge in [-0.15, -0.1) is 10.2 Å². The van der Waals surface area contributed by atoms with Gasteiger partial charge in [0.05, 0.1) is 19.1 Å². The second kappa shape index (κ2) is 11.0. The highest BCUT2D eigenvalue weighted by Crippen LogP contribution is 2.29. The summed E-state index contributed by atoms with van der Waals surface area (Å²) in [6.07, 6.45) is 1.26. The summed E-state index contributed by atoms with van der Waals surface area (Å²) in [5.74, 6) is 0.573. The van der Waals surface area contributed by atoms with Crippen molar-refractivity contribution in [1.29, 1.82) is 0 Å². The summed E-state index contributed by atoms with van der Waals surface area (Å²) in [5, 5.41) is 13.6. The molecule has 0 saturated carbocycles. The minimum Gasteiger partial charge on any atom is -0.497 e. The van der Waals surface area contributed by atoms with E-state index in [-0.39, 0.29) is 17.2 Å². The second-order valence-electron chi connectivity index (χ2n) is 6.95. The van der Waals surface area contributed by atoms with Gasteiger partial charge in [-0.3, -0.25) is 9.36 Å². The third-order valence-corrected chi connectivity index (χ3v) is 5.88. The molecule has 0 saturated heterocycles. The zero-order valence-electron chi connectivity index (χ0n) is 18.0. The normalized spacial score (nSPS) is 11.0. The molecule has 1 heterocycles.